The van der Waals surface area contributed by atoms with Crippen molar-refractivity contribution in [3.8, 4) is 5.75 Å². The number of rotatable bonds is 5. The first kappa shape index (κ1) is 26.2. The monoisotopic (exact) mass is 634 g/mol. The summed E-state index contributed by atoms with van der Waals surface area (Å²) < 4.78 is 6.31. The number of methoxy groups -OCH3 is 1. The molecule has 0 saturated carbocycles. The molecule has 1 fully saturated rings. The molecule has 0 aromatic heterocycles. The molecule has 3 aromatic carbocycles. The minimum absolute atomic E-state index is 0.0886. The van der Waals surface area contributed by atoms with Gasteiger partial charge in [-0.25, -0.2) is 0 Å². The molecule has 0 atom stereocenters. The average Bonchev–Trinajstić information content (AvgIpc) is 2.88. The molecule has 1 saturated heterocycles. The second-order valence-corrected chi connectivity index (χ2v) is 10.2. The lowest BCUT2D eigenvalue weighted by Gasteiger charge is -2.36. The van der Waals surface area contributed by atoms with Crippen molar-refractivity contribution >= 4 is 74.7 Å². The summed E-state index contributed by atoms with van der Waals surface area (Å²) in [5.41, 5.74) is 2.84. The smallest absolute Gasteiger partial charge is 0.257 e. The number of benzene rings is 3. The quantitative estimate of drug-likeness (QED) is 0.303. The molecule has 0 unspecified atom stereocenters. The van der Waals surface area contributed by atoms with E-state index in [0.29, 0.717) is 48.1 Å². The molecule has 2 N–H and O–H groups in total. The first-order chi connectivity index (χ1) is 17.3. The molecule has 3 aromatic rings. The number of carbonyl (C=O) groups excluding carboxylic acids is 2. The Balaban J connectivity index is 1.30. The number of nitrogens with zero attached hydrogens (tertiary/aromatic N) is 2. The van der Waals surface area contributed by atoms with Gasteiger partial charge >= 0.3 is 0 Å². The highest BCUT2D eigenvalue weighted by atomic mass is 127. The van der Waals surface area contributed by atoms with Crippen LogP contribution in [-0.2, 0) is 0 Å². The number of anilines is 2. The number of halogens is 2. The van der Waals surface area contributed by atoms with Gasteiger partial charge in [0.05, 0.1) is 12.7 Å². The Morgan fingerprint density at radius 3 is 2.39 bits per heavy atom. The van der Waals surface area contributed by atoms with Crippen molar-refractivity contribution in [1.82, 2.24) is 10.2 Å². The fraction of sp³-hybridized carbons (Fsp3) is 0.192. The van der Waals surface area contributed by atoms with Crippen molar-refractivity contribution in [3.05, 3.63) is 86.4 Å². The van der Waals surface area contributed by atoms with Gasteiger partial charge in [0.1, 0.15) is 5.75 Å². The number of hydrogen-bond donors (Lipinski definition) is 2. The van der Waals surface area contributed by atoms with E-state index in [0.717, 1.165) is 14.9 Å². The third-order valence-electron chi connectivity index (χ3n) is 5.76. The van der Waals surface area contributed by atoms with E-state index in [2.05, 4.69) is 38.1 Å². The van der Waals surface area contributed by atoms with Crippen LogP contribution in [0.3, 0.4) is 0 Å². The van der Waals surface area contributed by atoms with Crippen LogP contribution >= 0.6 is 46.4 Å². The van der Waals surface area contributed by atoms with Crippen LogP contribution in [0.2, 0.25) is 5.02 Å². The largest absolute Gasteiger partial charge is 0.496 e. The van der Waals surface area contributed by atoms with E-state index in [1.165, 1.54) is 0 Å². The molecule has 0 bridgehead atoms. The number of amides is 2. The van der Waals surface area contributed by atoms with Gasteiger partial charge in [-0.2, -0.15) is 0 Å². The second-order valence-electron chi connectivity index (χ2n) is 8.09. The standard InChI is InChI=1S/C26H24ClIN4O3S/c1-35-23-10-5-18(27)16-22(23)25(34)32-13-11-31(12-14-32)21-8-6-20(7-9-21)29-26(36)30-24(33)17-3-2-4-19(28)15-17/h2-10,15-16H,11-14H2,1H3,(H2,29,30,33,36). The van der Waals surface area contributed by atoms with Crippen molar-refractivity contribution < 1.29 is 14.3 Å². The zero-order chi connectivity index (χ0) is 25.7. The predicted octanol–water partition coefficient (Wildman–Crippen LogP) is 5.04. The van der Waals surface area contributed by atoms with E-state index in [9.17, 15) is 9.59 Å². The average molecular weight is 635 g/mol. The Kier molecular flexibility index (Phi) is 8.65. The maximum Gasteiger partial charge on any atom is 0.257 e. The van der Waals surface area contributed by atoms with Crippen molar-refractivity contribution in [2.75, 3.05) is 43.5 Å². The van der Waals surface area contributed by atoms with E-state index in [1.54, 1.807) is 37.4 Å². The summed E-state index contributed by atoms with van der Waals surface area (Å²) in [4.78, 5) is 29.4. The first-order valence-electron chi connectivity index (χ1n) is 11.2. The van der Waals surface area contributed by atoms with Crippen LogP contribution in [-0.4, -0.2) is 55.1 Å². The van der Waals surface area contributed by atoms with E-state index >= 15 is 0 Å². The molecule has 1 aliphatic heterocycles. The number of piperazine rings is 1. The van der Waals surface area contributed by atoms with Crippen LogP contribution in [0.4, 0.5) is 11.4 Å². The normalized spacial score (nSPS) is 13.2. The lowest BCUT2D eigenvalue weighted by molar-refractivity contribution is 0.0743. The third-order valence-corrected chi connectivity index (χ3v) is 6.87. The van der Waals surface area contributed by atoms with Gasteiger partial charge in [-0.05, 0) is 95.5 Å². The molecule has 0 aliphatic carbocycles. The fourth-order valence-corrected chi connectivity index (χ4v) is 4.83. The van der Waals surface area contributed by atoms with Gasteiger partial charge in [-0.15, -0.1) is 0 Å². The number of hydrogen-bond acceptors (Lipinski definition) is 5. The van der Waals surface area contributed by atoms with Crippen LogP contribution in [0.25, 0.3) is 0 Å². The lowest BCUT2D eigenvalue weighted by atomic mass is 10.1. The van der Waals surface area contributed by atoms with Gasteiger partial charge in [0, 0.05) is 51.7 Å². The lowest BCUT2D eigenvalue weighted by Crippen LogP contribution is -2.48. The summed E-state index contributed by atoms with van der Waals surface area (Å²) in [5.74, 6) is 0.169. The molecular formula is C26H24ClIN4O3S. The molecule has 1 aliphatic rings. The zero-order valence-electron chi connectivity index (χ0n) is 19.5. The number of thiocarbonyl (C=S) groups is 1. The Bertz CT molecular complexity index is 1280. The van der Waals surface area contributed by atoms with Crippen LogP contribution in [0.15, 0.2) is 66.7 Å². The van der Waals surface area contributed by atoms with E-state index in [1.807, 2.05) is 41.3 Å². The molecule has 1 heterocycles. The van der Waals surface area contributed by atoms with Crippen molar-refractivity contribution in [2.24, 2.45) is 0 Å². The summed E-state index contributed by atoms with van der Waals surface area (Å²) >= 11 is 13.6. The first-order valence-corrected chi connectivity index (χ1v) is 13.1. The molecule has 10 heteroatoms. The van der Waals surface area contributed by atoms with Crippen LogP contribution < -0.4 is 20.3 Å². The zero-order valence-corrected chi connectivity index (χ0v) is 23.2. The predicted molar refractivity (Wildman–Crippen MR) is 155 cm³/mol. The molecule has 0 radical (unpaired) electrons. The highest BCUT2D eigenvalue weighted by Crippen LogP contribution is 2.25. The highest BCUT2D eigenvalue weighted by molar-refractivity contribution is 14.1. The van der Waals surface area contributed by atoms with Gasteiger partial charge in [0.2, 0.25) is 0 Å². The molecule has 4 rings (SSSR count). The summed E-state index contributed by atoms with van der Waals surface area (Å²) in [6, 6.07) is 20.2. The number of ether oxygens (including phenoxy) is 1. The summed E-state index contributed by atoms with van der Waals surface area (Å²) in [5, 5.41) is 6.48. The van der Waals surface area contributed by atoms with Crippen molar-refractivity contribution in [3.63, 3.8) is 0 Å². The molecule has 0 spiro atoms. The Hall–Kier alpha value is -2.89. The van der Waals surface area contributed by atoms with Crippen molar-refractivity contribution in [2.45, 2.75) is 0 Å². The molecule has 7 nitrogen and oxygen atoms in total. The second kappa shape index (κ2) is 11.9. The Morgan fingerprint density at radius 2 is 1.72 bits per heavy atom. The number of nitrogens with one attached hydrogen (secondary N) is 2. The van der Waals surface area contributed by atoms with Gasteiger partial charge in [-0.3, -0.25) is 14.9 Å². The van der Waals surface area contributed by atoms with Gasteiger partial charge in [0.15, 0.2) is 5.11 Å². The van der Waals surface area contributed by atoms with Crippen LogP contribution in [0.1, 0.15) is 20.7 Å². The van der Waals surface area contributed by atoms with Crippen molar-refractivity contribution in [1.29, 1.82) is 0 Å². The Labute approximate surface area is 233 Å². The minimum atomic E-state index is -0.259. The molecule has 186 valence electrons. The maximum atomic E-state index is 13.0. The number of carbonyl (C=O) groups is 2. The van der Waals surface area contributed by atoms with Gasteiger partial charge < -0.3 is 19.9 Å². The molecular weight excluding hydrogens is 611 g/mol. The van der Waals surface area contributed by atoms with Crippen LogP contribution in [0, 0.1) is 3.57 Å². The summed E-state index contributed by atoms with van der Waals surface area (Å²) in [6.45, 7) is 2.57. The molecule has 2 amide bonds. The fourth-order valence-electron chi connectivity index (χ4n) is 3.91. The summed E-state index contributed by atoms with van der Waals surface area (Å²) in [6.07, 6.45) is 0. The van der Waals surface area contributed by atoms with Gasteiger partial charge in [0.25, 0.3) is 11.8 Å². The minimum Gasteiger partial charge on any atom is -0.496 e. The molecule has 36 heavy (non-hydrogen) atoms. The van der Waals surface area contributed by atoms with Gasteiger partial charge in [-0.1, -0.05) is 17.7 Å². The van der Waals surface area contributed by atoms with Crippen LogP contribution in [0.5, 0.6) is 5.75 Å². The SMILES string of the molecule is COc1ccc(Cl)cc1C(=O)N1CCN(c2ccc(NC(=S)NC(=O)c3cccc(I)c3)cc2)CC1. The van der Waals surface area contributed by atoms with E-state index in [4.69, 9.17) is 28.6 Å². The summed E-state index contributed by atoms with van der Waals surface area (Å²) in [7, 11) is 1.54. The Morgan fingerprint density at radius 1 is 1.00 bits per heavy atom. The topological polar surface area (TPSA) is 73.9 Å². The van der Waals surface area contributed by atoms with E-state index < -0.39 is 0 Å². The third kappa shape index (κ3) is 6.45. The van der Waals surface area contributed by atoms with E-state index in [-0.39, 0.29) is 16.9 Å². The highest BCUT2D eigenvalue weighted by Gasteiger charge is 2.24. The maximum absolute atomic E-state index is 13.0.